The molecule has 8 heteroatoms. The van der Waals surface area contributed by atoms with Gasteiger partial charge < -0.3 is 15.3 Å². The minimum Gasteiger partial charge on any atom is -0.465 e. The first kappa shape index (κ1) is 19.4. The first-order chi connectivity index (χ1) is 11.6. The molecule has 2 rings (SSSR count). The summed E-state index contributed by atoms with van der Waals surface area (Å²) in [5, 5.41) is 20.9. The zero-order valence-corrected chi connectivity index (χ0v) is 16.6. The molecule has 1 aromatic rings. The number of aromatic nitrogens is 2. The summed E-state index contributed by atoms with van der Waals surface area (Å²) in [4.78, 5) is 21.9. The summed E-state index contributed by atoms with van der Waals surface area (Å²) < 4.78 is 0.594. The van der Waals surface area contributed by atoms with Crippen LogP contribution < -0.4 is 10.2 Å². The van der Waals surface area contributed by atoms with Crippen molar-refractivity contribution in [2.45, 2.75) is 52.5 Å². The third kappa shape index (κ3) is 4.82. The second-order valence-corrected chi connectivity index (χ2v) is 8.42. The summed E-state index contributed by atoms with van der Waals surface area (Å²) in [6.45, 7) is 9.41. The van der Waals surface area contributed by atoms with Gasteiger partial charge in [-0.3, -0.25) is 0 Å². The van der Waals surface area contributed by atoms with Crippen molar-refractivity contribution in [2.24, 2.45) is 5.41 Å². The van der Waals surface area contributed by atoms with Crippen molar-refractivity contribution >= 4 is 27.8 Å². The minimum atomic E-state index is -0.995. The maximum atomic E-state index is 11.0. The Bertz CT molecular complexity index is 706. The van der Waals surface area contributed by atoms with Crippen molar-refractivity contribution in [3.8, 4) is 6.07 Å². The summed E-state index contributed by atoms with van der Waals surface area (Å²) in [5.41, 5.74) is 0.643. The van der Waals surface area contributed by atoms with E-state index >= 15 is 0 Å². The molecule has 25 heavy (non-hydrogen) atoms. The number of carboxylic acid groups (broad SMARTS) is 1. The average molecular weight is 410 g/mol. The molecule has 0 unspecified atom stereocenters. The summed E-state index contributed by atoms with van der Waals surface area (Å²) in [6.07, 6.45) is 1.57. The Morgan fingerprint density at radius 3 is 2.56 bits per heavy atom. The first-order valence-electron chi connectivity index (χ1n) is 8.26. The van der Waals surface area contributed by atoms with Crippen LogP contribution in [-0.4, -0.2) is 39.8 Å². The first-order valence-corrected chi connectivity index (χ1v) is 9.05. The lowest BCUT2D eigenvalue weighted by Crippen LogP contribution is -2.49. The normalized spacial score (nSPS) is 17.0. The number of rotatable bonds is 4. The monoisotopic (exact) mass is 409 g/mol. The van der Waals surface area contributed by atoms with E-state index in [2.05, 4.69) is 49.1 Å². The van der Waals surface area contributed by atoms with E-state index in [0.717, 1.165) is 38.0 Å². The number of nitrogens with one attached hydrogen (secondary N) is 1. The van der Waals surface area contributed by atoms with E-state index in [4.69, 9.17) is 5.11 Å². The van der Waals surface area contributed by atoms with Gasteiger partial charge in [0.25, 0.3) is 0 Å². The number of anilines is 1. The molecule has 0 spiro atoms. The third-order valence-corrected chi connectivity index (χ3v) is 5.44. The van der Waals surface area contributed by atoms with Crippen molar-refractivity contribution < 1.29 is 9.90 Å². The molecule has 0 radical (unpaired) electrons. The number of hydrogen-bond donors (Lipinski definition) is 2. The molecular weight excluding hydrogens is 386 g/mol. The van der Waals surface area contributed by atoms with Gasteiger partial charge in [0.05, 0.1) is 5.69 Å². The summed E-state index contributed by atoms with van der Waals surface area (Å²) >= 11 is 3.32. The zero-order chi connectivity index (χ0) is 18.8. The lowest BCUT2D eigenvalue weighted by molar-refractivity contribution is 0.145. The Hall–Kier alpha value is -1.88. The molecule has 1 aliphatic heterocycles. The van der Waals surface area contributed by atoms with Gasteiger partial charge in [-0.1, -0.05) is 6.92 Å². The summed E-state index contributed by atoms with van der Waals surface area (Å²) in [5.74, 6) is 0.633. The lowest BCUT2D eigenvalue weighted by atomic mass is 9.72. The Morgan fingerprint density at radius 2 is 2.04 bits per heavy atom. The number of carbonyl (C=O) groups is 1. The molecule has 0 aliphatic carbocycles. The van der Waals surface area contributed by atoms with Gasteiger partial charge in [0.2, 0.25) is 0 Å². The molecule has 0 atom stereocenters. The molecule has 2 N–H and O–H groups in total. The van der Waals surface area contributed by atoms with E-state index in [9.17, 15) is 10.1 Å². The van der Waals surface area contributed by atoms with Crippen molar-refractivity contribution in [1.29, 1.82) is 5.26 Å². The predicted molar refractivity (Wildman–Crippen MR) is 98.6 cm³/mol. The van der Waals surface area contributed by atoms with Crippen molar-refractivity contribution in [3.63, 3.8) is 0 Å². The maximum absolute atomic E-state index is 11.0. The Morgan fingerprint density at radius 1 is 1.44 bits per heavy atom. The smallest absolute Gasteiger partial charge is 0.405 e. The number of nitriles is 1. The van der Waals surface area contributed by atoms with Crippen LogP contribution in [0.1, 0.15) is 51.4 Å². The molecule has 7 nitrogen and oxygen atoms in total. The fourth-order valence-electron chi connectivity index (χ4n) is 3.62. The lowest BCUT2D eigenvalue weighted by Gasteiger charge is -2.43. The fourth-order valence-corrected chi connectivity index (χ4v) is 3.88. The molecule has 0 saturated carbocycles. The highest BCUT2D eigenvalue weighted by atomic mass is 79.9. The van der Waals surface area contributed by atoms with Gasteiger partial charge in [-0.15, -0.1) is 0 Å². The van der Waals surface area contributed by atoms with E-state index in [1.54, 1.807) is 0 Å². The van der Waals surface area contributed by atoms with E-state index in [-0.39, 0.29) is 5.41 Å². The Balaban J connectivity index is 2.10. The van der Waals surface area contributed by atoms with Gasteiger partial charge >= 0.3 is 6.09 Å². The standard InChI is InChI=1S/C17H24BrN5O2/c1-11-13(18)21-12(9-19)14(20-11)23-7-5-17(4,6-8-23)10-16(2,3)22-15(24)25/h22H,5-8,10H2,1-4H3,(H,24,25). The highest BCUT2D eigenvalue weighted by Crippen LogP contribution is 2.39. The molecule has 136 valence electrons. The van der Waals surface area contributed by atoms with Crippen LogP contribution in [-0.2, 0) is 0 Å². The van der Waals surface area contributed by atoms with Crippen LogP contribution in [0.3, 0.4) is 0 Å². The Kier molecular flexibility index (Phi) is 5.57. The molecule has 2 heterocycles. The molecule has 0 bridgehead atoms. The number of halogens is 1. The van der Waals surface area contributed by atoms with Gasteiger partial charge in [0, 0.05) is 18.6 Å². The number of hydrogen-bond acceptors (Lipinski definition) is 5. The molecular formula is C17H24BrN5O2. The quantitative estimate of drug-likeness (QED) is 0.788. The van der Waals surface area contributed by atoms with Crippen LogP contribution in [0.15, 0.2) is 4.60 Å². The van der Waals surface area contributed by atoms with Crippen LogP contribution in [0, 0.1) is 23.7 Å². The molecule has 1 amide bonds. The number of amides is 1. The second-order valence-electron chi connectivity index (χ2n) is 7.67. The van der Waals surface area contributed by atoms with Gasteiger partial charge in [0.15, 0.2) is 11.5 Å². The number of aryl methyl sites for hydroxylation is 1. The zero-order valence-electron chi connectivity index (χ0n) is 15.1. The van der Waals surface area contributed by atoms with Gasteiger partial charge in [-0.25, -0.2) is 14.8 Å². The molecule has 0 aromatic carbocycles. The van der Waals surface area contributed by atoms with Crippen LogP contribution in [0.2, 0.25) is 0 Å². The van der Waals surface area contributed by atoms with Crippen LogP contribution >= 0.6 is 15.9 Å². The topological polar surface area (TPSA) is 102 Å². The second kappa shape index (κ2) is 7.16. The molecule has 1 saturated heterocycles. The fraction of sp³-hybridized carbons (Fsp3) is 0.647. The highest BCUT2D eigenvalue weighted by Gasteiger charge is 2.37. The predicted octanol–water partition coefficient (Wildman–Crippen LogP) is 3.46. The summed E-state index contributed by atoms with van der Waals surface area (Å²) in [6, 6.07) is 2.12. The van der Waals surface area contributed by atoms with Crippen LogP contribution in [0.25, 0.3) is 0 Å². The largest absolute Gasteiger partial charge is 0.465 e. The Labute approximate surface area is 156 Å². The van der Waals surface area contributed by atoms with E-state index < -0.39 is 11.6 Å². The number of piperidine rings is 1. The molecule has 1 aliphatic rings. The van der Waals surface area contributed by atoms with Crippen molar-refractivity contribution in [1.82, 2.24) is 15.3 Å². The van der Waals surface area contributed by atoms with E-state index in [1.807, 2.05) is 20.8 Å². The number of nitrogens with zero attached hydrogens (tertiary/aromatic N) is 4. The van der Waals surface area contributed by atoms with Crippen molar-refractivity contribution in [3.05, 3.63) is 16.0 Å². The van der Waals surface area contributed by atoms with Gasteiger partial charge in [0.1, 0.15) is 10.7 Å². The SMILES string of the molecule is Cc1nc(N2CCC(C)(CC(C)(C)NC(=O)O)CC2)c(C#N)nc1Br. The average Bonchev–Trinajstić information content (AvgIpc) is 2.48. The maximum Gasteiger partial charge on any atom is 0.405 e. The highest BCUT2D eigenvalue weighted by molar-refractivity contribution is 9.10. The summed E-state index contributed by atoms with van der Waals surface area (Å²) in [7, 11) is 0. The van der Waals surface area contributed by atoms with Crippen molar-refractivity contribution in [2.75, 3.05) is 18.0 Å². The van der Waals surface area contributed by atoms with Crippen LogP contribution in [0.5, 0.6) is 0 Å². The van der Waals surface area contributed by atoms with E-state index in [1.165, 1.54) is 0 Å². The van der Waals surface area contributed by atoms with Crippen LogP contribution in [0.4, 0.5) is 10.6 Å². The van der Waals surface area contributed by atoms with E-state index in [0.29, 0.717) is 16.1 Å². The van der Waals surface area contributed by atoms with Gasteiger partial charge in [-0.2, -0.15) is 5.26 Å². The molecule has 1 fully saturated rings. The van der Waals surface area contributed by atoms with Gasteiger partial charge in [-0.05, 0) is 61.4 Å². The minimum absolute atomic E-state index is 0.0348. The molecule has 1 aromatic heterocycles. The third-order valence-electron chi connectivity index (χ3n) is 4.68.